The van der Waals surface area contributed by atoms with E-state index in [0.717, 1.165) is 12.1 Å². The Balaban J connectivity index is 1.36. The van der Waals surface area contributed by atoms with E-state index in [2.05, 4.69) is 49.9 Å². The maximum Gasteiger partial charge on any atom is 0.295 e. The Morgan fingerprint density at radius 3 is 1.37 bits per heavy atom. The third-order valence-electron chi connectivity index (χ3n) is 7.21. The molecule has 2 aromatic heterocycles. The van der Waals surface area contributed by atoms with Gasteiger partial charge in [-0.25, -0.2) is 20.0 Å². The van der Waals surface area contributed by atoms with Gasteiger partial charge in [-0.1, -0.05) is 48.6 Å². The number of nitrogens with one attached hydrogen (secondary N) is 8. The fourth-order valence-electron chi connectivity index (χ4n) is 4.89. The number of aromatic amines is 6. The van der Waals surface area contributed by atoms with Crippen LogP contribution in [0.3, 0.4) is 0 Å². The molecule has 54 heavy (non-hydrogen) atoms. The first-order chi connectivity index (χ1) is 25.7. The van der Waals surface area contributed by atoms with Gasteiger partial charge in [-0.2, -0.15) is 16.8 Å². The lowest BCUT2D eigenvalue weighted by Gasteiger charge is -2.07. The summed E-state index contributed by atoms with van der Waals surface area (Å²) in [7, 11) is -8.16. The van der Waals surface area contributed by atoms with Gasteiger partial charge in [0.05, 0.1) is 29.9 Å². The van der Waals surface area contributed by atoms with Crippen molar-refractivity contribution in [3.63, 3.8) is 0 Å². The summed E-state index contributed by atoms with van der Waals surface area (Å²) in [4.78, 5) is 32.7. The predicted octanol–water partition coefficient (Wildman–Crippen LogP) is 2.22. The Morgan fingerprint density at radius 2 is 0.944 bits per heavy atom. The smallest absolute Gasteiger partial charge is 0.295 e. The maximum absolute atomic E-state index is 12.5. The van der Waals surface area contributed by atoms with Crippen molar-refractivity contribution in [1.29, 1.82) is 10.8 Å². The Kier molecular flexibility index (Phi) is 10.5. The highest BCUT2D eigenvalue weighted by Gasteiger charge is 2.17. The summed E-state index contributed by atoms with van der Waals surface area (Å²) >= 11 is 0. The van der Waals surface area contributed by atoms with Crippen molar-refractivity contribution >= 4 is 55.1 Å². The lowest BCUT2D eigenvalue weighted by atomic mass is 10.1. The Labute approximate surface area is 304 Å². The summed E-state index contributed by atoms with van der Waals surface area (Å²) in [5.41, 5.74) is 1.15. The second kappa shape index (κ2) is 15.3. The normalized spacial score (nSPS) is 13.5. The second-order valence-corrected chi connectivity index (χ2v) is 13.9. The van der Waals surface area contributed by atoms with Crippen molar-refractivity contribution in [1.82, 2.24) is 29.9 Å². The number of para-hydroxylation sites is 1. The zero-order valence-corrected chi connectivity index (χ0v) is 29.5. The van der Waals surface area contributed by atoms with E-state index < -0.39 is 30.0 Å². The van der Waals surface area contributed by atoms with Gasteiger partial charge < -0.3 is 4.74 Å². The van der Waals surface area contributed by atoms with Crippen LogP contribution in [0.5, 0.6) is 5.75 Å². The van der Waals surface area contributed by atoms with Crippen LogP contribution in [0.15, 0.2) is 121 Å². The molecule has 276 valence electrons. The van der Waals surface area contributed by atoms with Gasteiger partial charge in [0.1, 0.15) is 15.5 Å². The van der Waals surface area contributed by atoms with E-state index in [1.165, 1.54) is 43.5 Å². The van der Waals surface area contributed by atoms with Crippen LogP contribution in [-0.2, 0) is 20.2 Å². The first-order valence-electron chi connectivity index (χ1n) is 15.5. The molecule has 0 fully saturated rings. The van der Waals surface area contributed by atoms with Crippen molar-refractivity contribution in [3.05, 3.63) is 136 Å². The third kappa shape index (κ3) is 9.48. The number of rotatable bonds is 9. The number of methoxy groups -OCH3 is 1. The fourth-order valence-corrected chi connectivity index (χ4v) is 6.30. The van der Waals surface area contributed by atoms with Gasteiger partial charge in [0.2, 0.25) is 33.7 Å². The Hall–Kier alpha value is -6.94. The molecule has 4 aromatic carbocycles. The molecule has 0 bridgehead atoms. The fraction of sp³-hybridized carbons (Fsp3) is 0.0303. The van der Waals surface area contributed by atoms with E-state index in [-0.39, 0.29) is 56.2 Å². The molecule has 0 saturated heterocycles. The quantitative estimate of drug-likeness (QED) is 0.0771. The van der Waals surface area contributed by atoms with Crippen LogP contribution in [0.1, 0.15) is 11.1 Å². The molecule has 6 aromatic rings. The van der Waals surface area contributed by atoms with Crippen molar-refractivity contribution < 1.29 is 30.7 Å². The van der Waals surface area contributed by atoms with Crippen LogP contribution >= 0.6 is 0 Å². The van der Waals surface area contributed by atoms with Gasteiger partial charge in [-0.15, -0.1) is 0 Å². The van der Waals surface area contributed by atoms with E-state index in [0.29, 0.717) is 17.1 Å². The van der Waals surface area contributed by atoms with E-state index in [1.807, 2.05) is 6.07 Å². The highest BCUT2D eigenvalue weighted by molar-refractivity contribution is 7.86. The van der Waals surface area contributed by atoms with Crippen LogP contribution in [0.4, 0.5) is 22.7 Å². The molecule has 0 amide bonds. The number of aromatic nitrogens is 6. The summed E-state index contributed by atoms with van der Waals surface area (Å²) in [5, 5.41) is 16.1. The molecule has 0 aliphatic heterocycles. The van der Waals surface area contributed by atoms with E-state index in [4.69, 9.17) is 15.6 Å². The van der Waals surface area contributed by atoms with Gasteiger partial charge in [0, 0.05) is 6.07 Å². The highest BCUT2D eigenvalue weighted by atomic mass is 32.2. The van der Waals surface area contributed by atoms with Crippen LogP contribution in [0.2, 0.25) is 0 Å². The molecule has 0 unspecified atom stereocenters. The van der Waals surface area contributed by atoms with Crippen LogP contribution in [-0.4, -0.2) is 63.0 Å². The van der Waals surface area contributed by atoms with Gasteiger partial charge >= 0.3 is 0 Å². The molecule has 0 aliphatic rings. The minimum Gasteiger partial charge on any atom is -0.497 e. The lowest BCUT2D eigenvalue weighted by molar-refractivity contribution is 0.415. The maximum atomic E-state index is 12.5. The standard InChI is InChI=1S/C33H30N12O7S2/c1-52-25-9-5-8-22(16-25)37-31-41-29(35)43-33(45-31)39-24-15-13-20(27(18-24)54(49,50)51)11-10-19-12-14-23(17-26(19)53(46,47)48)38-32-42-28(34)40-30(44-32)36-21-6-3-2-4-7-21/h2-18H,1H3,(H,46,47,48)(H,49,50,51)(H4,34,36,38,40,42,44)(H4,35,37,39,41,43,45)/b11-10+. The molecule has 10 N–H and O–H groups in total. The minimum absolute atomic E-state index is 0.0119. The molecule has 0 radical (unpaired) electrons. The monoisotopic (exact) mass is 770 g/mol. The number of ether oxygens (including phenoxy) is 1. The van der Waals surface area contributed by atoms with Gasteiger partial charge in [-0.3, -0.25) is 49.8 Å². The van der Waals surface area contributed by atoms with Crippen LogP contribution in [0, 0.1) is 10.8 Å². The first-order valence-corrected chi connectivity index (χ1v) is 18.3. The van der Waals surface area contributed by atoms with Gasteiger partial charge in [0.25, 0.3) is 20.2 Å². The molecule has 0 atom stereocenters. The summed E-state index contributed by atoms with van der Waals surface area (Å²) in [5.74, 6) is 0.567. The van der Waals surface area contributed by atoms with Crippen molar-refractivity contribution in [2.75, 3.05) is 7.11 Å². The molecule has 2 heterocycles. The Bertz CT molecular complexity index is 3050. The number of hydrogen-bond acceptors (Lipinski definition) is 11. The van der Waals surface area contributed by atoms with Crippen molar-refractivity contribution in [2.24, 2.45) is 20.0 Å². The molecular weight excluding hydrogens is 741 g/mol. The van der Waals surface area contributed by atoms with Crippen molar-refractivity contribution in [2.45, 2.75) is 9.79 Å². The lowest BCUT2D eigenvalue weighted by Crippen LogP contribution is -2.36. The number of H-pyrrole nitrogens is 6. The van der Waals surface area contributed by atoms with E-state index in [9.17, 15) is 25.9 Å². The van der Waals surface area contributed by atoms with Crippen molar-refractivity contribution in [3.8, 4) is 5.75 Å². The largest absolute Gasteiger partial charge is 0.497 e. The Morgan fingerprint density at radius 1 is 0.537 bits per heavy atom. The third-order valence-corrected chi connectivity index (χ3v) is 9.03. The first kappa shape index (κ1) is 36.8. The minimum atomic E-state index is -4.84. The zero-order valence-electron chi connectivity index (χ0n) is 27.9. The molecule has 0 spiro atoms. The molecular formula is C33H30N12O7S2. The van der Waals surface area contributed by atoms with E-state index >= 15 is 0 Å². The molecule has 21 heteroatoms. The second-order valence-electron chi connectivity index (χ2n) is 11.1. The molecule has 0 aliphatic carbocycles. The summed E-state index contributed by atoms with van der Waals surface area (Å²) in [6, 6.07) is 23.4. The highest BCUT2D eigenvalue weighted by Crippen LogP contribution is 2.27. The SMILES string of the molecule is COc1cccc(N=c2[nH]c(=N)[nH]c(=Nc3ccc(/C=C/c4ccc(N=c5[nH]c(=N)[nH]c(=Nc6ccccc6)[nH]5)cc4S(=O)(=O)O)c(S(=O)(=O)O)c3)[nH]2)c1. The average molecular weight is 771 g/mol. The summed E-state index contributed by atoms with van der Waals surface area (Å²) in [6.45, 7) is 0. The number of hydrogen-bond donors (Lipinski definition) is 10. The predicted molar refractivity (Wildman–Crippen MR) is 192 cm³/mol. The summed E-state index contributed by atoms with van der Waals surface area (Å²) in [6.07, 6.45) is 2.46. The summed E-state index contributed by atoms with van der Waals surface area (Å²) < 4.78 is 75.1. The van der Waals surface area contributed by atoms with E-state index in [1.54, 1.807) is 48.5 Å². The van der Waals surface area contributed by atoms with Gasteiger partial charge in [-0.05, 0) is 59.7 Å². The average Bonchev–Trinajstić information content (AvgIpc) is 3.10. The number of benzene rings is 4. The molecule has 19 nitrogen and oxygen atoms in total. The zero-order chi connectivity index (χ0) is 38.5. The molecule has 6 rings (SSSR count). The van der Waals surface area contributed by atoms with Crippen LogP contribution < -0.4 is 38.4 Å². The number of nitrogens with zero attached hydrogens (tertiary/aromatic N) is 4. The van der Waals surface area contributed by atoms with Gasteiger partial charge in [0.15, 0.2) is 0 Å². The molecule has 0 saturated carbocycles. The van der Waals surface area contributed by atoms with Crippen LogP contribution in [0.25, 0.3) is 12.2 Å². The topological polar surface area (TPSA) is 310 Å².